The molecule has 1 aromatic heterocycles. The average molecular weight is 287 g/mol. The number of anilines is 1. The van der Waals surface area contributed by atoms with Crippen LogP contribution in [0.4, 0.5) is 11.5 Å². The molecular weight excluding hydrogens is 270 g/mol. The molecule has 0 amide bonds. The van der Waals surface area contributed by atoms with E-state index in [-0.39, 0.29) is 11.7 Å². The summed E-state index contributed by atoms with van der Waals surface area (Å²) in [5.41, 5.74) is 1.08. The molecule has 0 spiro atoms. The Morgan fingerprint density at radius 2 is 2.10 bits per heavy atom. The molecule has 6 nitrogen and oxygen atoms in total. The Labute approximate surface area is 122 Å². The summed E-state index contributed by atoms with van der Waals surface area (Å²) in [4.78, 5) is 14.2. The van der Waals surface area contributed by atoms with Crippen LogP contribution in [0.25, 0.3) is 0 Å². The zero-order chi connectivity index (χ0) is 15.2. The van der Waals surface area contributed by atoms with Crippen molar-refractivity contribution in [3.8, 4) is 5.75 Å². The van der Waals surface area contributed by atoms with E-state index in [4.69, 9.17) is 4.74 Å². The number of aromatic nitrogens is 1. The van der Waals surface area contributed by atoms with Gasteiger partial charge in [-0.15, -0.1) is 0 Å². The third-order valence-electron chi connectivity index (χ3n) is 3.07. The SMILES string of the molecule is COc1ccccc1C[C@@H](C)Nc1ccc([N+](=O)[O-])cn1. The lowest BCUT2D eigenvalue weighted by molar-refractivity contribution is -0.385. The Balaban J connectivity index is 2.01. The molecule has 1 aromatic carbocycles. The second-order valence-electron chi connectivity index (χ2n) is 4.72. The highest BCUT2D eigenvalue weighted by Crippen LogP contribution is 2.20. The first kappa shape index (κ1) is 14.8. The summed E-state index contributed by atoms with van der Waals surface area (Å²) >= 11 is 0. The fourth-order valence-electron chi connectivity index (χ4n) is 2.08. The lowest BCUT2D eigenvalue weighted by Gasteiger charge is -2.16. The van der Waals surface area contributed by atoms with Crippen LogP contribution in [0.5, 0.6) is 5.75 Å². The van der Waals surface area contributed by atoms with Gasteiger partial charge < -0.3 is 10.1 Å². The molecular formula is C15H17N3O3. The monoisotopic (exact) mass is 287 g/mol. The third-order valence-corrected chi connectivity index (χ3v) is 3.07. The van der Waals surface area contributed by atoms with Crippen molar-refractivity contribution in [1.29, 1.82) is 0 Å². The van der Waals surface area contributed by atoms with Gasteiger partial charge >= 0.3 is 0 Å². The summed E-state index contributed by atoms with van der Waals surface area (Å²) in [6, 6.07) is 11.0. The fourth-order valence-corrected chi connectivity index (χ4v) is 2.08. The molecule has 0 aliphatic heterocycles. The van der Waals surface area contributed by atoms with Crippen LogP contribution in [0.2, 0.25) is 0 Å². The number of para-hydroxylation sites is 1. The number of pyridine rings is 1. The van der Waals surface area contributed by atoms with Crippen molar-refractivity contribution in [2.75, 3.05) is 12.4 Å². The summed E-state index contributed by atoms with van der Waals surface area (Å²) in [6.45, 7) is 2.02. The molecule has 1 heterocycles. The van der Waals surface area contributed by atoms with E-state index in [1.165, 1.54) is 12.3 Å². The normalized spacial score (nSPS) is 11.7. The lowest BCUT2D eigenvalue weighted by Crippen LogP contribution is -2.19. The van der Waals surface area contributed by atoms with Crippen LogP contribution in [0.1, 0.15) is 12.5 Å². The molecule has 1 atom stereocenters. The Bertz CT molecular complexity index is 614. The Morgan fingerprint density at radius 3 is 2.71 bits per heavy atom. The molecule has 0 aliphatic carbocycles. The number of nitrogens with one attached hydrogen (secondary N) is 1. The van der Waals surface area contributed by atoms with Crippen molar-refractivity contribution in [3.63, 3.8) is 0 Å². The van der Waals surface area contributed by atoms with Gasteiger partial charge in [0.1, 0.15) is 17.8 Å². The Kier molecular flexibility index (Phi) is 4.71. The predicted molar refractivity (Wildman–Crippen MR) is 80.7 cm³/mol. The van der Waals surface area contributed by atoms with Crippen LogP contribution in [-0.2, 0) is 6.42 Å². The summed E-state index contributed by atoms with van der Waals surface area (Å²) in [5.74, 6) is 1.46. The quantitative estimate of drug-likeness (QED) is 0.652. The van der Waals surface area contributed by atoms with Crippen LogP contribution < -0.4 is 10.1 Å². The van der Waals surface area contributed by atoms with Crippen molar-refractivity contribution in [1.82, 2.24) is 4.98 Å². The molecule has 0 fully saturated rings. The number of hydrogen-bond acceptors (Lipinski definition) is 5. The van der Waals surface area contributed by atoms with Crippen LogP contribution in [0.3, 0.4) is 0 Å². The van der Waals surface area contributed by atoms with Crippen molar-refractivity contribution < 1.29 is 9.66 Å². The van der Waals surface area contributed by atoms with E-state index in [9.17, 15) is 10.1 Å². The molecule has 6 heteroatoms. The Morgan fingerprint density at radius 1 is 1.33 bits per heavy atom. The molecule has 1 N–H and O–H groups in total. The third kappa shape index (κ3) is 3.92. The Hall–Kier alpha value is -2.63. The minimum atomic E-state index is -0.463. The van der Waals surface area contributed by atoms with Gasteiger partial charge in [0.15, 0.2) is 0 Å². The maximum atomic E-state index is 10.6. The van der Waals surface area contributed by atoms with Crippen molar-refractivity contribution in [3.05, 3.63) is 58.3 Å². The van der Waals surface area contributed by atoms with Crippen molar-refractivity contribution in [2.24, 2.45) is 0 Å². The summed E-state index contributed by atoms with van der Waals surface area (Å²) in [7, 11) is 1.65. The van der Waals surface area contributed by atoms with Gasteiger partial charge in [-0.2, -0.15) is 0 Å². The van der Waals surface area contributed by atoms with Gasteiger partial charge in [0.25, 0.3) is 5.69 Å². The molecule has 0 bridgehead atoms. The van der Waals surface area contributed by atoms with E-state index in [0.29, 0.717) is 5.82 Å². The molecule has 110 valence electrons. The number of ether oxygens (including phenoxy) is 1. The number of hydrogen-bond donors (Lipinski definition) is 1. The van der Waals surface area contributed by atoms with Gasteiger partial charge in [-0.05, 0) is 31.0 Å². The number of nitrogens with zero attached hydrogens (tertiary/aromatic N) is 2. The molecule has 0 aliphatic rings. The zero-order valence-corrected chi connectivity index (χ0v) is 11.9. The number of nitro groups is 1. The van der Waals surface area contributed by atoms with E-state index >= 15 is 0 Å². The van der Waals surface area contributed by atoms with E-state index < -0.39 is 4.92 Å². The predicted octanol–water partition coefficient (Wildman–Crippen LogP) is 3.04. The van der Waals surface area contributed by atoms with Gasteiger partial charge in [0.2, 0.25) is 0 Å². The smallest absolute Gasteiger partial charge is 0.287 e. The molecule has 0 unspecified atom stereocenters. The van der Waals surface area contributed by atoms with Crippen LogP contribution in [0, 0.1) is 10.1 Å². The van der Waals surface area contributed by atoms with Crippen LogP contribution >= 0.6 is 0 Å². The minimum absolute atomic E-state index is 0.0158. The lowest BCUT2D eigenvalue weighted by atomic mass is 10.1. The van der Waals surface area contributed by atoms with Gasteiger partial charge in [0.05, 0.1) is 12.0 Å². The molecule has 0 saturated carbocycles. The van der Waals surface area contributed by atoms with E-state index in [2.05, 4.69) is 10.3 Å². The van der Waals surface area contributed by atoms with E-state index in [1.807, 2.05) is 31.2 Å². The second kappa shape index (κ2) is 6.69. The maximum absolute atomic E-state index is 10.6. The summed E-state index contributed by atoms with van der Waals surface area (Å²) in [5, 5.41) is 13.8. The second-order valence-corrected chi connectivity index (χ2v) is 4.72. The standard InChI is InChI=1S/C15H17N3O3/c1-11(9-12-5-3-4-6-14(12)21-2)17-15-8-7-13(10-16-15)18(19)20/h3-8,10-11H,9H2,1-2H3,(H,16,17)/t11-/m1/s1. The highest BCUT2D eigenvalue weighted by atomic mass is 16.6. The van der Waals surface area contributed by atoms with E-state index in [1.54, 1.807) is 13.2 Å². The van der Waals surface area contributed by atoms with Gasteiger partial charge in [0, 0.05) is 12.1 Å². The largest absolute Gasteiger partial charge is 0.496 e. The molecule has 2 aromatic rings. The van der Waals surface area contributed by atoms with Gasteiger partial charge in [-0.25, -0.2) is 4.98 Å². The molecule has 0 saturated heterocycles. The van der Waals surface area contributed by atoms with Gasteiger partial charge in [-0.1, -0.05) is 18.2 Å². The average Bonchev–Trinajstić information content (AvgIpc) is 2.48. The highest BCUT2D eigenvalue weighted by Gasteiger charge is 2.10. The van der Waals surface area contributed by atoms with Crippen molar-refractivity contribution in [2.45, 2.75) is 19.4 Å². The van der Waals surface area contributed by atoms with E-state index in [0.717, 1.165) is 17.7 Å². The minimum Gasteiger partial charge on any atom is -0.496 e. The number of methoxy groups -OCH3 is 1. The number of benzene rings is 1. The molecule has 0 radical (unpaired) electrons. The van der Waals surface area contributed by atoms with Crippen molar-refractivity contribution >= 4 is 11.5 Å². The highest BCUT2D eigenvalue weighted by molar-refractivity contribution is 5.42. The first-order valence-corrected chi connectivity index (χ1v) is 6.59. The summed E-state index contributed by atoms with van der Waals surface area (Å²) in [6.07, 6.45) is 2.01. The molecule has 21 heavy (non-hydrogen) atoms. The molecule has 2 rings (SSSR count). The topological polar surface area (TPSA) is 77.3 Å². The maximum Gasteiger partial charge on any atom is 0.287 e. The fraction of sp³-hybridized carbons (Fsp3) is 0.267. The number of rotatable bonds is 6. The first-order valence-electron chi connectivity index (χ1n) is 6.59. The van der Waals surface area contributed by atoms with Crippen LogP contribution in [0.15, 0.2) is 42.6 Å². The van der Waals surface area contributed by atoms with Gasteiger partial charge in [-0.3, -0.25) is 10.1 Å². The zero-order valence-electron chi connectivity index (χ0n) is 11.9. The van der Waals surface area contributed by atoms with Crippen LogP contribution in [-0.4, -0.2) is 23.1 Å². The first-order chi connectivity index (χ1) is 10.1. The summed E-state index contributed by atoms with van der Waals surface area (Å²) < 4.78 is 5.32.